The van der Waals surface area contributed by atoms with Crippen molar-refractivity contribution in [2.45, 2.75) is 6.92 Å². The van der Waals surface area contributed by atoms with Crippen LogP contribution in [-0.2, 0) is 4.84 Å². The number of carboxylic acid groups (broad SMARTS) is 1. The van der Waals surface area contributed by atoms with Crippen LogP contribution in [0.4, 0.5) is 5.95 Å². The van der Waals surface area contributed by atoms with E-state index in [1.165, 1.54) is 6.07 Å². The molecule has 0 spiro atoms. The van der Waals surface area contributed by atoms with Crippen molar-refractivity contribution < 1.29 is 14.7 Å². The molecule has 2 N–H and O–H groups in total. The van der Waals surface area contributed by atoms with E-state index < -0.39 is 5.97 Å². The average molecular weight is 207 g/mol. The molecule has 0 aliphatic heterocycles. The lowest BCUT2D eigenvalue weighted by Gasteiger charge is -2.04. The van der Waals surface area contributed by atoms with Crippen LogP contribution in [0.25, 0.3) is 0 Å². The molecule has 0 bridgehead atoms. The molecule has 6 nitrogen and oxygen atoms in total. The third kappa shape index (κ3) is 3.25. The minimum Gasteiger partial charge on any atom is -0.477 e. The molecule has 6 heteroatoms. The number of aromatic carboxylic acids is 1. The number of hydrogen-bond acceptors (Lipinski definition) is 5. The Morgan fingerprint density at radius 3 is 3.07 bits per heavy atom. The van der Waals surface area contributed by atoms with Crippen molar-refractivity contribution >= 4 is 11.9 Å². The van der Waals surface area contributed by atoms with E-state index in [4.69, 9.17) is 16.4 Å². The highest BCUT2D eigenvalue weighted by Gasteiger charge is 2.08. The van der Waals surface area contributed by atoms with E-state index in [2.05, 4.69) is 21.4 Å². The van der Waals surface area contributed by atoms with Gasteiger partial charge in [0.15, 0.2) is 5.69 Å². The van der Waals surface area contributed by atoms with Crippen LogP contribution in [0.3, 0.4) is 0 Å². The Balaban J connectivity index is 2.80. The fourth-order valence-corrected chi connectivity index (χ4v) is 0.866. The Morgan fingerprint density at radius 2 is 2.47 bits per heavy atom. The van der Waals surface area contributed by atoms with Gasteiger partial charge in [0.25, 0.3) is 0 Å². The first-order chi connectivity index (χ1) is 7.13. The first kappa shape index (κ1) is 10.9. The molecule has 1 aromatic heterocycles. The van der Waals surface area contributed by atoms with Crippen molar-refractivity contribution in [3.05, 3.63) is 17.5 Å². The number of rotatable bonds is 4. The quantitative estimate of drug-likeness (QED) is 0.424. The molecular weight excluding hydrogens is 198 g/mol. The molecule has 1 heterocycles. The van der Waals surface area contributed by atoms with Gasteiger partial charge in [-0.25, -0.2) is 20.2 Å². The number of carboxylic acids is 1. The third-order valence-electron chi connectivity index (χ3n) is 1.39. The van der Waals surface area contributed by atoms with E-state index in [0.29, 0.717) is 5.69 Å². The summed E-state index contributed by atoms with van der Waals surface area (Å²) in [5, 5.41) is 8.71. The maximum absolute atomic E-state index is 10.6. The van der Waals surface area contributed by atoms with E-state index in [1.807, 2.05) is 0 Å². The lowest BCUT2D eigenvalue weighted by Crippen LogP contribution is -2.09. The lowest BCUT2D eigenvalue weighted by molar-refractivity contribution is 0.0690. The van der Waals surface area contributed by atoms with Crippen LogP contribution in [0.5, 0.6) is 0 Å². The lowest BCUT2D eigenvalue weighted by atomic mass is 10.3. The predicted molar refractivity (Wildman–Crippen MR) is 52.1 cm³/mol. The number of nitrogens with zero attached hydrogens (tertiary/aromatic N) is 2. The molecule has 0 unspecified atom stereocenters. The maximum atomic E-state index is 10.6. The van der Waals surface area contributed by atoms with Crippen molar-refractivity contribution in [2.24, 2.45) is 0 Å². The fraction of sp³-hybridized carbons (Fsp3) is 0.222. The first-order valence-corrected chi connectivity index (χ1v) is 4.03. The van der Waals surface area contributed by atoms with Crippen LogP contribution in [0.2, 0.25) is 0 Å². The molecule has 1 rings (SSSR count). The van der Waals surface area contributed by atoms with E-state index in [0.717, 1.165) is 0 Å². The molecule has 15 heavy (non-hydrogen) atoms. The molecule has 1 aromatic rings. The zero-order valence-corrected chi connectivity index (χ0v) is 8.02. The van der Waals surface area contributed by atoms with Crippen LogP contribution in [0.15, 0.2) is 6.07 Å². The molecule has 0 aliphatic rings. The van der Waals surface area contributed by atoms with Crippen molar-refractivity contribution in [3.8, 4) is 12.3 Å². The summed E-state index contributed by atoms with van der Waals surface area (Å²) in [4.78, 5) is 23.0. The zero-order valence-electron chi connectivity index (χ0n) is 8.02. The molecule has 0 atom stereocenters. The Kier molecular flexibility index (Phi) is 3.60. The van der Waals surface area contributed by atoms with Gasteiger partial charge in [0.2, 0.25) is 5.95 Å². The molecular formula is C9H9N3O3. The van der Waals surface area contributed by atoms with Gasteiger partial charge >= 0.3 is 5.97 Å². The Bertz CT molecular complexity index is 412. The molecule has 0 amide bonds. The summed E-state index contributed by atoms with van der Waals surface area (Å²) < 4.78 is 0. The summed E-state index contributed by atoms with van der Waals surface area (Å²) in [6.45, 7) is 1.69. The highest BCUT2D eigenvalue weighted by atomic mass is 16.6. The van der Waals surface area contributed by atoms with Crippen LogP contribution in [0.1, 0.15) is 16.2 Å². The SMILES string of the molecule is C#CCONc1nc(C)cc(C(=O)O)n1. The Morgan fingerprint density at radius 1 is 1.73 bits per heavy atom. The van der Waals surface area contributed by atoms with Gasteiger partial charge in [-0.05, 0) is 13.0 Å². The summed E-state index contributed by atoms with van der Waals surface area (Å²) in [7, 11) is 0. The van der Waals surface area contributed by atoms with Crippen LogP contribution >= 0.6 is 0 Å². The number of carbonyl (C=O) groups is 1. The standard InChI is InChI=1S/C9H9N3O3/c1-3-4-15-12-9-10-6(2)5-7(11-9)8(13)14/h1,5H,4H2,2H3,(H,13,14)(H,10,11,12). The number of nitrogens with one attached hydrogen (secondary N) is 1. The maximum Gasteiger partial charge on any atom is 0.354 e. The Labute approximate surface area is 86.3 Å². The van der Waals surface area contributed by atoms with E-state index in [1.54, 1.807) is 6.92 Å². The second-order valence-electron chi connectivity index (χ2n) is 2.62. The molecule has 0 saturated heterocycles. The van der Waals surface area contributed by atoms with Crippen molar-refractivity contribution in [2.75, 3.05) is 12.1 Å². The van der Waals surface area contributed by atoms with Crippen molar-refractivity contribution in [3.63, 3.8) is 0 Å². The largest absolute Gasteiger partial charge is 0.477 e. The average Bonchev–Trinajstić information content (AvgIpc) is 2.17. The van der Waals surface area contributed by atoms with Crippen LogP contribution in [0, 0.1) is 19.3 Å². The number of aryl methyl sites for hydroxylation is 1. The predicted octanol–water partition coefficient (Wildman–Crippen LogP) is 0.460. The molecule has 0 aromatic carbocycles. The molecule has 78 valence electrons. The minimum absolute atomic E-state index is 0.0414. The molecule has 0 radical (unpaired) electrons. The molecule has 0 saturated carbocycles. The van der Waals surface area contributed by atoms with E-state index in [-0.39, 0.29) is 18.2 Å². The summed E-state index contributed by atoms with van der Waals surface area (Å²) in [6.07, 6.45) is 4.95. The minimum atomic E-state index is -1.12. The number of aromatic nitrogens is 2. The van der Waals surface area contributed by atoms with Crippen LogP contribution in [-0.4, -0.2) is 27.7 Å². The second-order valence-corrected chi connectivity index (χ2v) is 2.62. The van der Waals surface area contributed by atoms with E-state index >= 15 is 0 Å². The zero-order chi connectivity index (χ0) is 11.3. The number of anilines is 1. The van der Waals surface area contributed by atoms with Gasteiger partial charge in [0, 0.05) is 5.69 Å². The molecule has 0 aliphatic carbocycles. The molecule has 0 fully saturated rings. The highest BCUT2D eigenvalue weighted by Crippen LogP contribution is 2.04. The van der Waals surface area contributed by atoms with Crippen molar-refractivity contribution in [1.29, 1.82) is 0 Å². The Hall–Kier alpha value is -2.13. The normalized spacial score (nSPS) is 9.33. The highest BCUT2D eigenvalue weighted by molar-refractivity contribution is 5.85. The van der Waals surface area contributed by atoms with Gasteiger partial charge in [-0.1, -0.05) is 5.92 Å². The van der Waals surface area contributed by atoms with Gasteiger partial charge < -0.3 is 5.11 Å². The summed E-state index contributed by atoms with van der Waals surface area (Å²) in [5.74, 6) is 1.18. The van der Waals surface area contributed by atoms with Gasteiger partial charge in [0.1, 0.15) is 6.61 Å². The van der Waals surface area contributed by atoms with Gasteiger partial charge in [0.05, 0.1) is 0 Å². The van der Waals surface area contributed by atoms with E-state index in [9.17, 15) is 4.79 Å². The topological polar surface area (TPSA) is 84.3 Å². The first-order valence-electron chi connectivity index (χ1n) is 4.03. The summed E-state index contributed by atoms with van der Waals surface area (Å²) in [5.41, 5.74) is 2.77. The van der Waals surface area contributed by atoms with Gasteiger partial charge in [-0.3, -0.25) is 4.84 Å². The summed E-state index contributed by atoms with van der Waals surface area (Å²) >= 11 is 0. The van der Waals surface area contributed by atoms with Crippen LogP contribution < -0.4 is 5.48 Å². The van der Waals surface area contributed by atoms with Gasteiger partial charge in [-0.2, -0.15) is 0 Å². The fourth-order valence-electron chi connectivity index (χ4n) is 0.866. The van der Waals surface area contributed by atoms with Crippen molar-refractivity contribution in [1.82, 2.24) is 9.97 Å². The number of hydrogen-bond donors (Lipinski definition) is 2. The monoisotopic (exact) mass is 207 g/mol. The third-order valence-corrected chi connectivity index (χ3v) is 1.39. The summed E-state index contributed by atoms with van der Waals surface area (Å²) in [6, 6.07) is 1.36. The second kappa shape index (κ2) is 4.93. The van der Waals surface area contributed by atoms with Gasteiger partial charge in [-0.15, -0.1) is 6.42 Å². The smallest absolute Gasteiger partial charge is 0.354 e. The number of terminal acetylenes is 1.